The molecule has 0 fully saturated rings. The van der Waals surface area contributed by atoms with Gasteiger partial charge in [0.05, 0.1) is 5.75 Å². The summed E-state index contributed by atoms with van der Waals surface area (Å²) in [5.41, 5.74) is 0.686. The average Bonchev–Trinajstić information content (AvgIpc) is 1.85. The van der Waals surface area contributed by atoms with E-state index >= 15 is 0 Å². The molecule has 0 aliphatic rings. The van der Waals surface area contributed by atoms with E-state index in [0.717, 1.165) is 0 Å². The Morgan fingerprint density at radius 2 is 1.91 bits per heavy atom. The Hall–Kier alpha value is -0.870. The van der Waals surface area contributed by atoms with Gasteiger partial charge >= 0.3 is 0 Å². The first kappa shape index (κ1) is 8.23. The molecular weight excluding hydrogens is 162 g/mol. The Labute approximate surface area is 65.9 Å². The van der Waals surface area contributed by atoms with Gasteiger partial charge in [-0.2, -0.15) is 0 Å². The van der Waals surface area contributed by atoms with Crippen molar-refractivity contribution in [2.75, 3.05) is 0 Å². The quantitative estimate of drug-likeness (QED) is 0.692. The van der Waals surface area contributed by atoms with Crippen molar-refractivity contribution >= 4 is 10.0 Å². The van der Waals surface area contributed by atoms with Crippen LogP contribution in [0.3, 0.4) is 0 Å². The molecule has 0 atom stereocenters. The fraction of sp³-hybridized carbons (Fsp3) is 0.143. The highest BCUT2D eigenvalue weighted by molar-refractivity contribution is 7.88. The van der Waals surface area contributed by atoms with E-state index in [-0.39, 0.29) is 5.75 Å². The van der Waals surface area contributed by atoms with Gasteiger partial charge in [-0.3, -0.25) is 0 Å². The number of primary sulfonamides is 1. The van der Waals surface area contributed by atoms with Gasteiger partial charge in [0, 0.05) is 0 Å². The molecule has 1 aromatic rings. The fourth-order valence-electron chi connectivity index (χ4n) is 0.750. The first-order valence-corrected chi connectivity index (χ1v) is 4.75. The molecule has 0 saturated carbocycles. The molecule has 1 aromatic carbocycles. The van der Waals surface area contributed by atoms with Gasteiger partial charge in [0.2, 0.25) is 10.0 Å². The molecule has 0 amide bonds. The van der Waals surface area contributed by atoms with E-state index in [1.807, 2.05) is 0 Å². The number of hydrogen-bond acceptors (Lipinski definition) is 2. The van der Waals surface area contributed by atoms with E-state index in [1.165, 1.54) is 0 Å². The zero-order valence-electron chi connectivity index (χ0n) is 5.82. The maximum atomic E-state index is 10.6. The maximum absolute atomic E-state index is 10.6. The van der Waals surface area contributed by atoms with E-state index in [2.05, 4.69) is 6.07 Å². The van der Waals surface area contributed by atoms with E-state index in [0.29, 0.717) is 5.56 Å². The highest BCUT2D eigenvalue weighted by Gasteiger charge is 2.02. The van der Waals surface area contributed by atoms with Gasteiger partial charge in [-0.1, -0.05) is 24.3 Å². The van der Waals surface area contributed by atoms with Crippen LogP contribution in [0.1, 0.15) is 5.56 Å². The summed E-state index contributed by atoms with van der Waals surface area (Å²) in [5.74, 6) is -0.109. The lowest BCUT2D eigenvalue weighted by Gasteiger charge is -1.96. The average molecular weight is 170 g/mol. The van der Waals surface area contributed by atoms with Crippen LogP contribution in [0, 0.1) is 6.07 Å². The van der Waals surface area contributed by atoms with Gasteiger partial charge in [-0.15, -0.1) is 0 Å². The molecule has 59 valence electrons. The second-order valence-corrected chi connectivity index (χ2v) is 3.83. The third-order valence-corrected chi connectivity index (χ3v) is 1.89. The van der Waals surface area contributed by atoms with Gasteiger partial charge < -0.3 is 0 Å². The second-order valence-electron chi connectivity index (χ2n) is 2.22. The summed E-state index contributed by atoms with van der Waals surface area (Å²) in [6.45, 7) is 0. The summed E-state index contributed by atoms with van der Waals surface area (Å²) in [4.78, 5) is 0. The van der Waals surface area contributed by atoms with E-state index in [9.17, 15) is 8.42 Å². The molecule has 0 heterocycles. The van der Waals surface area contributed by atoms with Crippen LogP contribution in [0.25, 0.3) is 0 Å². The smallest absolute Gasteiger partial charge is 0.213 e. The molecule has 1 radical (unpaired) electrons. The first-order valence-electron chi connectivity index (χ1n) is 3.03. The summed E-state index contributed by atoms with van der Waals surface area (Å²) in [7, 11) is -3.39. The van der Waals surface area contributed by atoms with E-state index in [4.69, 9.17) is 5.14 Å². The van der Waals surface area contributed by atoms with E-state index < -0.39 is 10.0 Å². The van der Waals surface area contributed by atoms with Crippen LogP contribution < -0.4 is 5.14 Å². The second kappa shape index (κ2) is 3.02. The molecule has 2 N–H and O–H groups in total. The Morgan fingerprint density at radius 1 is 1.36 bits per heavy atom. The molecule has 0 bridgehead atoms. The van der Waals surface area contributed by atoms with Crippen LogP contribution in [0.2, 0.25) is 0 Å². The molecule has 0 aliphatic heterocycles. The molecule has 0 unspecified atom stereocenters. The van der Waals surface area contributed by atoms with Crippen molar-refractivity contribution in [3.05, 3.63) is 35.9 Å². The van der Waals surface area contributed by atoms with Gasteiger partial charge in [0.15, 0.2) is 0 Å². The van der Waals surface area contributed by atoms with Gasteiger partial charge in [0.1, 0.15) is 0 Å². The zero-order chi connectivity index (χ0) is 8.32. The normalized spacial score (nSPS) is 11.4. The highest BCUT2D eigenvalue weighted by Crippen LogP contribution is 2.00. The van der Waals surface area contributed by atoms with Crippen molar-refractivity contribution in [2.24, 2.45) is 5.14 Å². The fourth-order valence-corrected chi connectivity index (χ4v) is 1.41. The predicted molar refractivity (Wildman–Crippen MR) is 42.1 cm³/mol. The van der Waals surface area contributed by atoms with Crippen molar-refractivity contribution in [2.45, 2.75) is 5.75 Å². The minimum atomic E-state index is -3.39. The largest absolute Gasteiger partial charge is 0.228 e. The van der Waals surface area contributed by atoms with Crippen molar-refractivity contribution in [1.82, 2.24) is 0 Å². The number of benzene rings is 1. The van der Waals surface area contributed by atoms with Crippen LogP contribution in [0.5, 0.6) is 0 Å². The van der Waals surface area contributed by atoms with Crippen molar-refractivity contribution in [1.29, 1.82) is 0 Å². The van der Waals surface area contributed by atoms with Crippen LogP contribution in [-0.4, -0.2) is 8.42 Å². The number of nitrogens with two attached hydrogens (primary N) is 1. The molecule has 1 rings (SSSR count). The molecule has 4 heteroatoms. The molecule has 3 nitrogen and oxygen atoms in total. The lowest BCUT2D eigenvalue weighted by Crippen LogP contribution is -2.14. The van der Waals surface area contributed by atoms with Gasteiger partial charge in [-0.25, -0.2) is 13.6 Å². The molecule has 0 aliphatic carbocycles. The first-order chi connectivity index (χ1) is 5.08. The van der Waals surface area contributed by atoms with Gasteiger partial charge in [-0.05, 0) is 11.6 Å². The molecule has 11 heavy (non-hydrogen) atoms. The minimum absolute atomic E-state index is 0.109. The summed E-state index contributed by atoms with van der Waals surface area (Å²) in [6, 6.07) is 9.43. The topological polar surface area (TPSA) is 60.2 Å². The van der Waals surface area contributed by atoms with Crippen LogP contribution in [0.4, 0.5) is 0 Å². The van der Waals surface area contributed by atoms with Crippen molar-refractivity contribution in [3.63, 3.8) is 0 Å². The van der Waals surface area contributed by atoms with Crippen LogP contribution in [0.15, 0.2) is 24.3 Å². The van der Waals surface area contributed by atoms with Crippen molar-refractivity contribution in [3.8, 4) is 0 Å². The predicted octanol–water partition coefficient (Wildman–Crippen LogP) is 0.275. The Kier molecular flexibility index (Phi) is 2.26. The number of hydrogen-bond donors (Lipinski definition) is 1. The van der Waals surface area contributed by atoms with Gasteiger partial charge in [0.25, 0.3) is 0 Å². The van der Waals surface area contributed by atoms with Crippen molar-refractivity contribution < 1.29 is 8.42 Å². The number of sulfonamides is 1. The van der Waals surface area contributed by atoms with Crippen LogP contribution >= 0.6 is 0 Å². The third kappa shape index (κ3) is 3.15. The Morgan fingerprint density at radius 3 is 2.36 bits per heavy atom. The lowest BCUT2D eigenvalue weighted by molar-refractivity contribution is 0.597. The lowest BCUT2D eigenvalue weighted by atomic mass is 10.2. The summed E-state index contributed by atoms with van der Waals surface area (Å²) in [6.07, 6.45) is 0. The SMILES string of the molecule is NS(=O)(=O)Cc1cc[c]cc1. The monoisotopic (exact) mass is 170 g/mol. The molecule has 0 saturated heterocycles. The standard InChI is InChI=1S/C7H8NO2S/c8-11(9,10)6-7-4-2-1-3-5-7/h2-5H,6H2,(H2,8,9,10). The Balaban J connectivity index is 2.82. The maximum Gasteiger partial charge on any atom is 0.213 e. The highest BCUT2D eigenvalue weighted by atomic mass is 32.2. The third-order valence-electron chi connectivity index (χ3n) is 1.16. The molecular formula is C7H8NO2S. The summed E-state index contributed by atoms with van der Waals surface area (Å²) in [5, 5.41) is 4.83. The molecule has 0 aromatic heterocycles. The van der Waals surface area contributed by atoms with E-state index in [1.54, 1.807) is 24.3 Å². The minimum Gasteiger partial charge on any atom is -0.228 e. The number of rotatable bonds is 2. The summed E-state index contributed by atoms with van der Waals surface area (Å²) < 4.78 is 21.1. The zero-order valence-corrected chi connectivity index (χ0v) is 6.64. The summed E-state index contributed by atoms with van der Waals surface area (Å²) >= 11 is 0. The Bertz CT molecular complexity index is 318. The molecule has 0 spiro atoms. The van der Waals surface area contributed by atoms with Crippen LogP contribution in [-0.2, 0) is 15.8 Å².